The number of rotatable bonds is 2. The Labute approximate surface area is 84.0 Å². The van der Waals surface area contributed by atoms with E-state index in [9.17, 15) is 4.79 Å². The lowest BCUT2D eigenvalue weighted by Gasteiger charge is -2.35. The first kappa shape index (κ1) is 10.8. The van der Waals surface area contributed by atoms with Crippen LogP contribution in [0.15, 0.2) is 0 Å². The summed E-state index contributed by atoms with van der Waals surface area (Å²) >= 11 is 5.75. The fourth-order valence-electron chi connectivity index (χ4n) is 1.40. The van der Waals surface area contributed by atoms with Gasteiger partial charge in [0.2, 0.25) is 5.91 Å². The van der Waals surface area contributed by atoms with Crippen molar-refractivity contribution < 1.29 is 9.53 Å². The van der Waals surface area contributed by atoms with Crippen molar-refractivity contribution in [2.24, 2.45) is 5.92 Å². The van der Waals surface area contributed by atoms with Gasteiger partial charge in [-0.05, 0) is 0 Å². The zero-order valence-electron chi connectivity index (χ0n) is 8.12. The van der Waals surface area contributed by atoms with Gasteiger partial charge in [0.25, 0.3) is 0 Å². The summed E-state index contributed by atoms with van der Waals surface area (Å²) < 4.78 is 5.25. The molecule has 1 fully saturated rings. The van der Waals surface area contributed by atoms with E-state index in [1.807, 2.05) is 18.7 Å². The molecule has 0 N–H and O–H groups in total. The number of alkyl halides is 1. The highest BCUT2D eigenvalue weighted by molar-refractivity contribution is 6.18. The van der Waals surface area contributed by atoms with Crippen LogP contribution < -0.4 is 0 Å². The summed E-state index contributed by atoms with van der Waals surface area (Å²) in [5.74, 6) is 0.677. The Balaban J connectivity index is 2.58. The number of nitrogens with zero attached hydrogens (tertiary/aromatic N) is 1. The second-order valence-electron chi connectivity index (χ2n) is 3.57. The molecule has 1 heterocycles. The van der Waals surface area contributed by atoms with Crippen molar-refractivity contribution in [3.05, 3.63) is 0 Å². The van der Waals surface area contributed by atoms with Gasteiger partial charge >= 0.3 is 0 Å². The van der Waals surface area contributed by atoms with E-state index in [4.69, 9.17) is 16.3 Å². The molecule has 0 saturated carbocycles. The van der Waals surface area contributed by atoms with E-state index < -0.39 is 0 Å². The average molecular weight is 206 g/mol. The van der Waals surface area contributed by atoms with Gasteiger partial charge in [-0.15, -0.1) is 11.6 Å². The highest BCUT2D eigenvalue weighted by atomic mass is 35.5. The van der Waals surface area contributed by atoms with Crippen molar-refractivity contribution in [2.75, 3.05) is 25.6 Å². The van der Waals surface area contributed by atoms with E-state index in [0.717, 1.165) is 0 Å². The topological polar surface area (TPSA) is 29.5 Å². The molecule has 1 saturated heterocycles. The molecule has 1 amide bonds. The first-order valence-corrected chi connectivity index (χ1v) is 5.14. The molecule has 13 heavy (non-hydrogen) atoms. The number of carbonyl (C=O) groups excluding carboxylic acids is 1. The molecule has 0 aromatic heterocycles. The van der Waals surface area contributed by atoms with Gasteiger partial charge in [-0.3, -0.25) is 4.79 Å². The van der Waals surface area contributed by atoms with Crippen LogP contribution in [0.1, 0.15) is 13.8 Å². The van der Waals surface area contributed by atoms with Gasteiger partial charge < -0.3 is 9.64 Å². The summed E-state index contributed by atoms with van der Waals surface area (Å²) in [5.41, 5.74) is 0. The quantitative estimate of drug-likeness (QED) is 0.633. The van der Waals surface area contributed by atoms with Crippen LogP contribution in [0.25, 0.3) is 0 Å². The molecule has 1 aliphatic heterocycles. The molecule has 3 nitrogen and oxygen atoms in total. The number of carbonyl (C=O) groups is 1. The monoisotopic (exact) mass is 205 g/mol. The van der Waals surface area contributed by atoms with Crippen molar-refractivity contribution >= 4 is 17.5 Å². The van der Waals surface area contributed by atoms with E-state index in [1.165, 1.54) is 0 Å². The fraction of sp³-hybridized carbons (Fsp3) is 0.889. The van der Waals surface area contributed by atoms with Crippen molar-refractivity contribution in [1.29, 1.82) is 0 Å². The van der Waals surface area contributed by atoms with E-state index in [1.54, 1.807) is 0 Å². The standard InChI is InChI=1S/C9H16ClNO2/c1-7(2)9(12)11-3-4-13-6-8(11)5-10/h7-8H,3-6H2,1-2H3. The van der Waals surface area contributed by atoms with Gasteiger partial charge in [-0.25, -0.2) is 0 Å². The Bertz CT molecular complexity index is 184. The first-order chi connectivity index (χ1) is 6.16. The average Bonchev–Trinajstić information content (AvgIpc) is 2.16. The normalized spacial score (nSPS) is 23.7. The van der Waals surface area contributed by atoms with Gasteiger partial charge in [-0.2, -0.15) is 0 Å². The van der Waals surface area contributed by atoms with Crippen molar-refractivity contribution in [2.45, 2.75) is 19.9 Å². The Morgan fingerprint density at radius 3 is 2.92 bits per heavy atom. The second-order valence-corrected chi connectivity index (χ2v) is 3.88. The highest BCUT2D eigenvalue weighted by Gasteiger charge is 2.27. The smallest absolute Gasteiger partial charge is 0.225 e. The number of hydrogen-bond acceptors (Lipinski definition) is 2. The molecule has 1 atom stereocenters. The molecule has 0 aromatic rings. The number of halogens is 1. The van der Waals surface area contributed by atoms with Gasteiger partial charge in [-0.1, -0.05) is 13.8 Å². The minimum Gasteiger partial charge on any atom is -0.377 e. The van der Waals surface area contributed by atoms with Crippen LogP contribution in [0.4, 0.5) is 0 Å². The molecule has 76 valence electrons. The molecule has 1 aliphatic rings. The maximum atomic E-state index is 11.7. The number of ether oxygens (including phenoxy) is 1. The Kier molecular flexibility index (Phi) is 4.00. The van der Waals surface area contributed by atoms with Crippen LogP contribution in [-0.4, -0.2) is 42.5 Å². The van der Waals surface area contributed by atoms with Crippen LogP contribution in [0.2, 0.25) is 0 Å². The van der Waals surface area contributed by atoms with Crippen LogP contribution in [0.3, 0.4) is 0 Å². The molecule has 0 spiro atoms. The summed E-state index contributed by atoms with van der Waals surface area (Å²) in [6.45, 7) is 5.69. The summed E-state index contributed by atoms with van der Waals surface area (Å²) in [4.78, 5) is 13.5. The molecule has 0 bridgehead atoms. The molecule has 1 unspecified atom stereocenters. The molecule has 0 radical (unpaired) electrons. The molecule has 4 heteroatoms. The Hall–Kier alpha value is -0.280. The molecule has 1 rings (SSSR count). The van der Waals surface area contributed by atoms with Gasteiger partial charge in [0, 0.05) is 18.3 Å². The summed E-state index contributed by atoms with van der Waals surface area (Å²) in [5, 5.41) is 0. The van der Waals surface area contributed by atoms with E-state index >= 15 is 0 Å². The van der Waals surface area contributed by atoms with Crippen molar-refractivity contribution in [1.82, 2.24) is 4.90 Å². The summed E-state index contributed by atoms with van der Waals surface area (Å²) in [6, 6.07) is 0.0605. The third-order valence-electron chi connectivity index (χ3n) is 2.18. The molecular weight excluding hydrogens is 190 g/mol. The lowest BCUT2D eigenvalue weighted by molar-refractivity contribution is -0.142. The van der Waals surface area contributed by atoms with Gasteiger partial charge in [0.15, 0.2) is 0 Å². The maximum Gasteiger partial charge on any atom is 0.225 e. The number of hydrogen-bond donors (Lipinski definition) is 0. The highest BCUT2D eigenvalue weighted by Crippen LogP contribution is 2.12. The van der Waals surface area contributed by atoms with Crippen molar-refractivity contribution in [3.8, 4) is 0 Å². The van der Waals surface area contributed by atoms with Gasteiger partial charge in [0.05, 0.1) is 19.3 Å². The minimum atomic E-state index is 0.0452. The Morgan fingerprint density at radius 1 is 1.69 bits per heavy atom. The number of amides is 1. The minimum absolute atomic E-state index is 0.0452. The zero-order chi connectivity index (χ0) is 9.84. The lowest BCUT2D eigenvalue weighted by Crippen LogP contribution is -2.51. The van der Waals surface area contributed by atoms with Crippen LogP contribution in [-0.2, 0) is 9.53 Å². The SMILES string of the molecule is CC(C)C(=O)N1CCOCC1CCl. The predicted molar refractivity (Wildman–Crippen MR) is 51.9 cm³/mol. The lowest BCUT2D eigenvalue weighted by atomic mass is 10.1. The molecule has 0 aromatic carbocycles. The van der Waals surface area contributed by atoms with Crippen LogP contribution in [0, 0.1) is 5.92 Å². The molecule has 0 aliphatic carbocycles. The van der Waals surface area contributed by atoms with Crippen LogP contribution >= 0.6 is 11.6 Å². The van der Waals surface area contributed by atoms with Crippen molar-refractivity contribution in [3.63, 3.8) is 0 Å². The summed E-state index contributed by atoms with van der Waals surface area (Å²) in [6.07, 6.45) is 0. The molecular formula is C9H16ClNO2. The predicted octanol–water partition coefficient (Wildman–Crippen LogP) is 1.11. The maximum absolute atomic E-state index is 11.7. The Morgan fingerprint density at radius 2 is 2.38 bits per heavy atom. The third-order valence-corrected chi connectivity index (χ3v) is 2.54. The van der Waals surface area contributed by atoms with E-state index in [-0.39, 0.29) is 17.9 Å². The van der Waals surface area contributed by atoms with Crippen LogP contribution in [0.5, 0.6) is 0 Å². The van der Waals surface area contributed by atoms with E-state index in [2.05, 4.69) is 0 Å². The number of morpholine rings is 1. The first-order valence-electron chi connectivity index (χ1n) is 4.61. The van der Waals surface area contributed by atoms with E-state index in [0.29, 0.717) is 25.6 Å². The summed E-state index contributed by atoms with van der Waals surface area (Å²) in [7, 11) is 0. The second kappa shape index (κ2) is 4.82. The van der Waals surface area contributed by atoms with Gasteiger partial charge in [0.1, 0.15) is 0 Å². The third kappa shape index (κ3) is 2.58. The zero-order valence-corrected chi connectivity index (χ0v) is 8.88. The largest absolute Gasteiger partial charge is 0.377 e. The fourth-order valence-corrected chi connectivity index (χ4v) is 1.66.